The smallest absolute Gasteiger partial charge is 0.243 e. The molecule has 0 aliphatic rings. The monoisotopic (exact) mass is 433 g/mol. The maximum Gasteiger partial charge on any atom is 0.243 e. The second kappa shape index (κ2) is 9.78. The number of unbranched alkanes of at least 4 members (excludes halogenated alkanes) is 1. The molecule has 3 N–H and O–H groups in total. The van der Waals surface area contributed by atoms with Crippen LogP contribution < -0.4 is 15.5 Å². The van der Waals surface area contributed by atoms with E-state index in [-0.39, 0.29) is 6.42 Å². The Morgan fingerprint density at radius 3 is 2.69 bits per heavy atom. The topological polar surface area (TPSA) is 83.5 Å². The highest BCUT2D eigenvalue weighted by molar-refractivity contribution is 6.42. The average Bonchev–Trinajstić information content (AvgIpc) is 2.70. The number of rotatable bonds is 8. The maximum atomic E-state index is 11.0. The number of fused-ring (bicyclic) bond motifs is 1. The SMILES string of the molecule is Cc1cc(Nc2ccc(Cl)c(Cl)c2)c2cc(OCCCCC(=O)NO)ccc2n1. The van der Waals surface area contributed by atoms with Gasteiger partial charge in [0.05, 0.1) is 22.2 Å². The molecule has 3 aromatic rings. The Morgan fingerprint density at radius 1 is 1.10 bits per heavy atom. The van der Waals surface area contributed by atoms with Crippen LogP contribution in [0.4, 0.5) is 11.4 Å². The molecule has 0 aliphatic carbocycles. The lowest BCUT2D eigenvalue weighted by Gasteiger charge is -2.13. The third kappa shape index (κ3) is 5.73. The van der Waals surface area contributed by atoms with Gasteiger partial charge in [0.15, 0.2) is 0 Å². The van der Waals surface area contributed by atoms with Crippen molar-refractivity contribution in [3.8, 4) is 5.75 Å². The summed E-state index contributed by atoms with van der Waals surface area (Å²) in [5.41, 5.74) is 5.06. The average molecular weight is 434 g/mol. The van der Waals surface area contributed by atoms with Crippen LogP contribution in [0, 0.1) is 6.92 Å². The molecular weight excluding hydrogens is 413 g/mol. The van der Waals surface area contributed by atoms with Gasteiger partial charge in [0.2, 0.25) is 5.91 Å². The Balaban J connectivity index is 1.76. The Labute approximate surface area is 178 Å². The van der Waals surface area contributed by atoms with Crippen LogP contribution in [-0.2, 0) is 4.79 Å². The van der Waals surface area contributed by atoms with Crippen molar-refractivity contribution in [1.29, 1.82) is 0 Å². The summed E-state index contributed by atoms with van der Waals surface area (Å²) < 4.78 is 5.81. The standard InChI is InChI=1S/C21H21Cl2N3O3/c1-13-10-20(25-14-5-7-17(22)18(23)11-14)16-12-15(6-8-19(16)24-13)29-9-3-2-4-21(27)26-28/h5-8,10-12,28H,2-4,9H2,1H3,(H,24,25)(H,26,27). The zero-order chi connectivity index (χ0) is 20.8. The normalized spacial score (nSPS) is 10.8. The van der Waals surface area contributed by atoms with Crippen molar-refractivity contribution in [1.82, 2.24) is 10.5 Å². The van der Waals surface area contributed by atoms with Gasteiger partial charge in [-0.1, -0.05) is 23.2 Å². The van der Waals surface area contributed by atoms with E-state index in [1.165, 1.54) is 0 Å². The fraction of sp³-hybridized carbons (Fsp3) is 0.238. The van der Waals surface area contributed by atoms with Gasteiger partial charge in [-0.05, 0) is 62.2 Å². The van der Waals surface area contributed by atoms with Gasteiger partial charge in [-0.2, -0.15) is 0 Å². The Hall–Kier alpha value is -2.54. The molecule has 1 aromatic heterocycles. The summed E-state index contributed by atoms with van der Waals surface area (Å²) in [5.74, 6) is 0.321. The van der Waals surface area contributed by atoms with E-state index in [2.05, 4.69) is 10.3 Å². The zero-order valence-electron chi connectivity index (χ0n) is 15.8. The number of hydrogen-bond donors (Lipinski definition) is 3. The highest BCUT2D eigenvalue weighted by atomic mass is 35.5. The molecule has 0 atom stereocenters. The molecule has 6 nitrogen and oxygen atoms in total. The first-order valence-electron chi connectivity index (χ1n) is 9.15. The Morgan fingerprint density at radius 2 is 1.93 bits per heavy atom. The molecule has 29 heavy (non-hydrogen) atoms. The number of carbonyl (C=O) groups excluding carboxylic acids is 1. The van der Waals surface area contributed by atoms with Crippen LogP contribution in [0.5, 0.6) is 5.75 Å². The minimum Gasteiger partial charge on any atom is -0.494 e. The molecule has 1 amide bonds. The molecule has 1 heterocycles. The lowest BCUT2D eigenvalue weighted by molar-refractivity contribution is -0.129. The van der Waals surface area contributed by atoms with Crippen LogP contribution in [0.25, 0.3) is 10.9 Å². The first kappa shape index (κ1) is 21.2. The van der Waals surface area contributed by atoms with E-state index in [4.69, 9.17) is 33.1 Å². The van der Waals surface area contributed by atoms with Crippen LogP contribution in [0.15, 0.2) is 42.5 Å². The zero-order valence-corrected chi connectivity index (χ0v) is 17.3. The quantitative estimate of drug-likeness (QED) is 0.243. The number of nitrogens with zero attached hydrogens (tertiary/aromatic N) is 1. The molecule has 0 saturated heterocycles. The number of aryl methyl sites for hydroxylation is 1. The first-order chi connectivity index (χ1) is 14.0. The molecule has 0 fully saturated rings. The largest absolute Gasteiger partial charge is 0.494 e. The number of amides is 1. The maximum absolute atomic E-state index is 11.0. The highest BCUT2D eigenvalue weighted by Crippen LogP contribution is 2.32. The fourth-order valence-electron chi connectivity index (χ4n) is 2.89. The predicted molar refractivity (Wildman–Crippen MR) is 115 cm³/mol. The van der Waals surface area contributed by atoms with Crippen LogP contribution in [0.3, 0.4) is 0 Å². The number of hydrogen-bond acceptors (Lipinski definition) is 5. The lowest BCUT2D eigenvalue weighted by Crippen LogP contribution is -2.18. The predicted octanol–water partition coefficient (Wildman–Crippen LogP) is 5.65. The fourth-order valence-corrected chi connectivity index (χ4v) is 3.19. The molecule has 0 unspecified atom stereocenters. The number of nitrogens with one attached hydrogen (secondary N) is 2. The number of benzene rings is 2. The molecule has 152 valence electrons. The third-order valence-corrected chi connectivity index (χ3v) is 5.04. The van der Waals surface area contributed by atoms with Crippen LogP contribution in [-0.4, -0.2) is 22.7 Å². The van der Waals surface area contributed by atoms with Gasteiger partial charge >= 0.3 is 0 Å². The second-order valence-electron chi connectivity index (χ2n) is 6.58. The highest BCUT2D eigenvalue weighted by Gasteiger charge is 2.08. The van der Waals surface area contributed by atoms with Gasteiger partial charge in [0.1, 0.15) is 5.75 Å². The summed E-state index contributed by atoms with van der Waals surface area (Å²) in [6.45, 7) is 2.41. The molecule has 8 heteroatoms. The lowest BCUT2D eigenvalue weighted by atomic mass is 10.1. The number of aromatic nitrogens is 1. The molecule has 0 saturated carbocycles. The number of ether oxygens (including phenoxy) is 1. The van der Waals surface area contributed by atoms with Crippen molar-refractivity contribution in [3.63, 3.8) is 0 Å². The van der Waals surface area contributed by atoms with Crippen molar-refractivity contribution in [3.05, 3.63) is 58.2 Å². The summed E-state index contributed by atoms with van der Waals surface area (Å²) in [6.07, 6.45) is 1.59. The van der Waals surface area contributed by atoms with Gasteiger partial charge in [-0.25, -0.2) is 5.48 Å². The van der Waals surface area contributed by atoms with Crippen LogP contribution >= 0.6 is 23.2 Å². The van der Waals surface area contributed by atoms with Crippen LogP contribution in [0.1, 0.15) is 25.0 Å². The summed E-state index contributed by atoms with van der Waals surface area (Å²) in [5, 5.41) is 13.8. The summed E-state index contributed by atoms with van der Waals surface area (Å²) >= 11 is 12.1. The van der Waals surface area contributed by atoms with Crippen molar-refractivity contribution in [2.75, 3.05) is 11.9 Å². The molecule has 0 bridgehead atoms. The van der Waals surface area contributed by atoms with E-state index in [1.807, 2.05) is 37.3 Å². The minimum atomic E-state index is -0.393. The molecule has 2 aromatic carbocycles. The van der Waals surface area contributed by atoms with E-state index in [9.17, 15) is 4.79 Å². The molecule has 3 rings (SSSR count). The number of anilines is 2. The van der Waals surface area contributed by atoms with Gasteiger partial charge < -0.3 is 10.1 Å². The van der Waals surface area contributed by atoms with Crippen molar-refractivity contribution >= 4 is 51.4 Å². The minimum absolute atomic E-state index is 0.262. The molecule has 0 spiro atoms. The summed E-state index contributed by atoms with van der Waals surface area (Å²) in [7, 11) is 0. The molecule has 0 radical (unpaired) electrons. The molecule has 0 aliphatic heterocycles. The molecular formula is C21H21Cl2N3O3. The van der Waals surface area contributed by atoms with E-state index in [0.717, 1.165) is 28.0 Å². The van der Waals surface area contributed by atoms with Crippen molar-refractivity contribution in [2.24, 2.45) is 0 Å². The van der Waals surface area contributed by atoms with Crippen LogP contribution in [0.2, 0.25) is 10.0 Å². The van der Waals surface area contributed by atoms with E-state index in [1.54, 1.807) is 17.6 Å². The Bertz CT molecular complexity index is 1030. The number of carbonyl (C=O) groups is 1. The number of pyridine rings is 1. The first-order valence-corrected chi connectivity index (χ1v) is 9.91. The number of hydroxylamine groups is 1. The van der Waals surface area contributed by atoms with Gasteiger partial charge in [-0.3, -0.25) is 15.0 Å². The summed E-state index contributed by atoms with van der Waals surface area (Å²) in [4.78, 5) is 15.6. The van der Waals surface area contributed by atoms with E-state index >= 15 is 0 Å². The van der Waals surface area contributed by atoms with Gasteiger partial charge in [0, 0.05) is 28.9 Å². The van der Waals surface area contributed by atoms with Gasteiger partial charge in [-0.15, -0.1) is 0 Å². The second-order valence-corrected chi connectivity index (χ2v) is 7.40. The van der Waals surface area contributed by atoms with Crippen molar-refractivity contribution in [2.45, 2.75) is 26.2 Å². The summed E-state index contributed by atoms with van der Waals surface area (Å²) in [6, 6.07) is 13.1. The van der Waals surface area contributed by atoms with Crippen molar-refractivity contribution < 1.29 is 14.7 Å². The third-order valence-electron chi connectivity index (χ3n) is 4.30. The van der Waals surface area contributed by atoms with E-state index in [0.29, 0.717) is 35.2 Å². The Kier molecular flexibility index (Phi) is 7.14. The van der Waals surface area contributed by atoms with E-state index < -0.39 is 5.91 Å². The number of halogens is 2. The van der Waals surface area contributed by atoms with Gasteiger partial charge in [0.25, 0.3) is 0 Å².